The summed E-state index contributed by atoms with van der Waals surface area (Å²) >= 11 is 6.23. The standard InChI is InChI=1S/C30H33ClN2O2/c1-33(29(18-20-34)30(35)32-21-24-11-4-7-15-28(24)31)19-8-14-27-25-12-5-2-9-22(25)16-17-23-10-3-6-13-26(23)27/h2-7,9-15,29,34H,8,16-21H2,1H3,(H,32,35). The van der Waals surface area contributed by atoms with E-state index >= 15 is 0 Å². The molecule has 2 N–H and O–H groups in total. The third-order valence-corrected chi connectivity index (χ3v) is 7.13. The number of aryl methyl sites for hydroxylation is 2. The van der Waals surface area contributed by atoms with Gasteiger partial charge in [-0.3, -0.25) is 9.69 Å². The molecule has 4 rings (SSSR count). The van der Waals surface area contributed by atoms with Crippen molar-refractivity contribution in [1.82, 2.24) is 10.2 Å². The molecule has 0 bridgehead atoms. The number of rotatable bonds is 9. The number of carbonyl (C=O) groups is 1. The van der Waals surface area contributed by atoms with Gasteiger partial charge in [0.2, 0.25) is 5.91 Å². The van der Waals surface area contributed by atoms with Crippen molar-refractivity contribution in [3.63, 3.8) is 0 Å². The van der Waals surface area contributed by atoms with Crippen LogP contribution in [0.4, 0.5) is 0 Å². The number of fused-ring (bicyclic) bond motifs is 2. The van der Waals surface area contributed by atoms with Crippen LogP contribution in [0.25, 0.3) is 5.57 Å². The summed E-state index contributed by atoms with van der Waals surface area (Å²) in [6.45, 7) is 1.03. The van der Waals surface area contributed by atoms with Crippen LogP contribution in [0.1, 0.15) is 40.7 Å². The molecule has 0 saturated carbocycles. The number of amides is 1. The zero-order chi connectivity index (χ0) is 24.6. The van der Waals surface area contributed by atoms with Crippen LogP contribution >= 0.6 is 11.6 Å². The van der Waals surface area contributed by atoms with Crippen LogP contribution in [0.2, 0.25) is 5.02 Å². The van der Waals surface area contributed by atoms with E-state index in [0.717, 1.165) is 24.8 Å². The molecule has 0 heterocycles. The van der Waals surface area contributed by atoms with Crippen molar-refractivity contribution in [2.75, 3.05) is 20.2 Å². The molecule has 4 nitrogen and oxygen atoms in total. The molecule has 0 aliphatic heterocycles. The SMILES string of the molecule is CN(CCC=C1c2ccccc2CCc2ccccc21)C(CCO)C(=O)NCc1ccccc1Cl. The van der Waals surface area contributed by atoms with E-state index in [9.17, 15) is 9.90 Å². The Labute approximate surface area is 213 Å². The summed E-state index contributed by atoms with van der Waals surface area (Å²) in [7, 11) is 1.95. The van der Waals surface area contributed by atoms with E-state index in [1.54, 1.807) is 0 Å². The Morgan fingerprint density at radius 2 is 1.60 bits per heavy atom. The van der Waals surface area contributed by atoms with Gasteiger partial charge in [0.1, 0.15) is 0 Å². The Morgan fingerprint density at radius 1 is 1.00 bits per heavy atom. The molecule has 3 aromatic rings. The minimum Gasteiger partial charge on any atom is -0.396 e. The van der Waals surface area contributed by atoms with Crippen molar-refractivity contribution >= 4 is 23.1 Å². The first-order valence-corrected chi connectivity index (χ1v) is 12.6. The van der Waals surface area contributed by atoms with E-state index in [1.165, 1.54) is 27.8 Å². The van der Waals surface area contributed by atoms with Crippen LogP contribution < -0.4 is 5.32 Å². The highest BCUT2D eigenvalue weighted by Crippen LogP contribution is 2.33. The fourth-order valence-corrected chi connectivity index (χ4v) is 5.02. The second kappa shape index (κ2) is 12.2. The Bertz CT molecular complexity index is 1140. The van der Waals surface area contributed by atoms with Gasteiger partial charge in [0.25, 0.3) is 0 Å². The Kier molecular flexibility index (Phi) is 8.75. The second-order valence-corrected chi connectivity index (χ2v) is 9.45. The zero-order valence-corrected chi connectivity index (χ0v) is 21.0. The van der Waals surface area contributed by atoms with Crippen LogP contribution in [0, 0.1) is 0 Å². The first kappa shape index (κ1) is 25.2. The van der Waals surface area contributed by atoms with E-state index < -0.39 is 6.04 Å². The fraction of sp³-hybridized carbons (Fsp3) is 0.300. The molecule has 35 heavy (non-hydrogen) atoms. The van der Waals surface area contributed by atoms with Gasteiger partial charge in [0.15, 0.2) is 0 Å². The van der Waals surface area contributed by atoms with E-state index in [1.807, 2.05) is 36.2 Å². The maximum absolute atomic E-state index is 13.0. The molecule has 0 radical (unpaired) electrons. The number of halogens is 1. The van der Waals surface area contributed by atoms with Gasteiger partial charge in [-0.15, -0.1) is 0 Å². The molecular formula is C30H33ClN2O2. The largest absolute Gasteiger partial charge is 0.396 e. The van der Waals surface area contributed by atoms with Crippen molar-refractivity contribution in [3.8, 4) is 0 Å². The summed E-state index contributed by atoms with van der Waals surface area (Å²) in [5, 5.41) is 13.2. The predicted octanol–water partition coefficient (Wildman–Crippen LogP) is 5.26. The lowest BCUT2D eigenvalue weighted by Crippen LogP contribution is -2.45. The molecule has 1 atom stereocenters. The molecule has 1 aliphatic carbocycles. The van der Waals surface area contributed by atoms with Gasteiger partial charge in [-0.2, -0.15) is 0 Å². The number of aliphatic hydroxyl groups is 1. The smallest absolute Gasteiger partial charge is 0.237 e. The summed E-state index contributed by atoms with van der Waals surface area (Å²) in [5.74, 6) is -0.0979. The average Bonchev–Trinajstić information content (AvgIpc) is 3.04. The van der Waals surface area contributed by atoms with Crippen LogP contribution in [-0.2, 0) is 24.2 Å². The molecule has 0 saturated heterocycles. The van der Waals surface area contributed by atoms with Crippen molar-refractivity contribution in [2.45, 2.75) is 38.3 Å². The summed E-state index contributed by atoms with van der Waals surface area (Å²) in [6, 6.07) is 24.4. The minimum absolute atomic E-state index is 0.0453. The van der Waals surface area contributed by atoms with E-state index in [2.05, 4.69) is 59.9 Å². The van der Waals surface area contributed by atoms with Crippen molar-refractivity contribution in [2.24, 2.45) is 0 Å². The first-order valence-electron chi connectivity index (χ1n) is 12.3. The number of hydrogen-bond donors (Lipinski definition) is 2. The highest BCUT2D eigenvalue weighted by atomic mass is 35.5. The number of aliphatic hydroxyl groups excluding tert-OH is 1. The minimum atomic E-state index is -0.408. The molecule has 1 amide bonds. The molecular weight excluding hydrogens is 456 g/mol. The molecule has 0 fully saturated rings. The van der Waals surface area contributed by atoms with Gasteiger partial charge in [-0.05, 0) is 72.2 Å². The molecule has 5 heteroatoms. The topological polar surface area (TPSA) is 52.6 Å². The van der Waals surface area contributed by atoms with Crippen molar-refractivity contribution < 1.29 is 9.90 Å². The maximum atomic E-state index is 13.0. The number of benzene rings is 3. The van der Waals surface area contributed by atoms with Crippen molar-refractivity contribution in [1.29, 1.82) is 0 Å². The Hall–Kier alpha value is -2.92. The van der Waals surface area contributed by atoms with E-state index in [0.29, 0.717) is 24.5 Å². The summed E-state index contributed by atoms with van der Waals surface area (Å²) in [5.41, 5.74) is 7.49. The van der Waals surface area contributed by atoms with Crippen LogP contribution in [0.15, 0.2) is 78.9 Å². The number of nitrogens with one attached hydrogen (secondary N) is 1. The first-order chi connectivity index (χ1) is 17.1. The third-order valence-electron chi connectivity index (χ3n) is 6.76. The third kappa shape index (κ3) is 6.21. The highest BCUT2D eigenvalue weighted by Gasteiger charge is 2.23. The number of hydrogen-bond acceptors (Lipinski definition) is 3. The summed E-state index contributed by atoms with van der Waals surface area (Å²) < 4.78 is 0. The van der Waals surface area contributed by atoms with Gasteiger partial charge in [0.05, 0.1) is 6.04 Å². The van der Waals surface area contributed by atoms with Gasteiger partial charge >= 0.3 is 0 Å². The Balaban J connectivity index is 1.46. The molecule has 0 aromatic heterocycles. The number of likely N-dealkylation sites (N-methyl/N-ethyl adjacent to an activating group) is 1. The second-order valence-electron chi connectivity index (χ2n) is 9.04. The lowest BCUT2D eigenvalue weighted by atomic mass is 9.93. The average molecular weight is 489 g/mol. The molecule has 1 aliphatic rings. The van der Waals surface area contributed by atoms with Gasteiger partial charge in [0, 0.05) is 24.7 Å². The summed E-state index contributed by atoms with van der Waals surface area (Å²) in [6.07, 6.45) is 5.56. The quantitative estimate of drug-likeness (QED) is 0.432. The Morgan fingerprint density at radius 3 is 2.23 bits per heavy atom. The molecule has 3 aromatic carbocycles. The van der Waals surface area contributed by atoms with Crippen LogP contribution in [-0.4, -0.2) is 42.2 Å². The maximum Gasteiger partial charge on any atom is 0.237 e. The normalized spacial score (nSPS) is 13.5. The number of carbonyl (C=O) groups excluding carboxylic acids is 1. The van der Waals surface area contributed by atoms with E-state index in [-0.39, 0.29) is 12.5 Å². The van der Waals surface area contributed by atoms with Gasteiger partial charge < -0.3 is 10.4 Å². The monoisotopic (exact) mass is 488 g/mol. The molecule has 182 valence electrons. The lowest BCUT2D eigenvalue weighted by Gasteiger charge is -2.26. The zero-order valence-electron chi connectivity index (χ0n) is 20.2. The molecule has 1 unspecified atom stereocenters. The van der Waals surface area contributed by atoms with Crippen LogP contribution in [0.3, 0.4) is 0 Å². The van der Waals surface area contributed by atoms with E-state index in [4.69, 9.17) is 11.6 Å². The fourth-order valence-electron chi connectivity index (χ4n) is 4.82. The van der Waals surface area contributed by atoms with Crippen LogP contribution in [0.5, 0.6) is 0 Å². The summed E-state index contributed by atoms with van der Waals surface area (Å²) in [4.78, 5) is 15.0. The van der Waals surface area contributed by atoms with Gasteiger partial charge in [-0.1, -0.05) is 84.4 Å². The molecule has 0 spiro atoms. The highest BCUT2D eigenvalue weighted by molar-refractivity contribution is 6.31. The number of nitrogens with zero attached hydrogens (tertiary/aromatic N) is 1. The lowest BCUT2D eigenvalue weighted by molar-refractivity contribution is -0.126. The van der Waals surface area contributed by atoms with Gasteiger partial charge in [-0.25, -0.2) is 0 Å². The predicted molar refractivity (Wildman–Crippen MR) is 143 cm³/mol. The van der Waals surface area contributed by atoms with Crippen molar-refractivity contribution in [3.05, 3.63) is 112 Å².